The molecule has 0 aliphatic carbocycles. The van der Waals surface area contributed by atoms with E-state index >= 15 is 0 Å². The van der Waals surface area contributed by atoms with Crippen molar-refractivity contribution >= 4 is 11.6 Å². The molecule has 18 heavy (non-hydrogen) atoms. The second kappa shape index (κ2) is 5.29. The number of ether oxygens (including phenoxy) is 1. The summed E-state index contributed by atoms with van der Waals surface area (Å²) in [7, 11) is 1.51. The number of hydrogen-bond acceptors (Lipinski definition) is 3. The number of aromatic nitrogens is 2. The van der Waals surface area contributed by atoms with Gasteiger partial charge in [-0.2, -0.15) is 0 Å². The van der Waals surface area contributed by atoms with Gasteiger partial charge in [0.2, 0.25) is 0 Å². The van der Waals surface area contributed by atoms with Crippen LogP contribution < -0.4 is 5.56 Å². The van der Waals surface area contributed by atoms with Gasteiger partial charge in [-0.05, 0) is 18.2 Å². The number of H-pyrrole nitrogens is 1. The number of aromatic amines is 1. The molecule has 1 N–H and O–H groups in total. The highest BCUT2D eigenvalue weighted by molar-refractivity contribution is 6.31. The van der Waals surface area contributed by atoms with Crippen LogP contribution in [0.3, 0.4) is 0 Å². The average molecular weight is 269 g/mol. The van der Waals surface area contributed by atoms with Crippen LogP contribution in [0.15, 0.2) is 29.1 Å². The van der Waals surface area contributed by atoms with Gasteiger partial charge in [0.05, 0.1) is 17.3 Å². The molecule has 0 saturated carbocycles. The Bertz CT molecular complexity index is 628. The molecule has 6 heteroatoms. The first kappa shape index (κ1) is 12.7. The fraction of sp³-hybridized carbons (Fsp3) is 0.167. The molecule has 0 aliphatic rings. The van der Waals surface area contributed by atoms with Crippen LogP contribution in [0.4, 0.5) is 4.39 Å². The van der Waals surface area contributed by atoms with Gasteiger partial charge < -0.3 is 9.72 Å². The van der Waals surface area contributed by atoms with Crippen molar-refractivity contribution in [2.24, 2.45) is 0 Å². The first-order chi connectivity index (χ1) is 8.60. The molecule has 94 valence electrons. The Morgan fingerprint density at radius 2 is 2.22 bits per heavy atom. The molecule has 0 amide bonds. The fourth-order valence-corrected chi connectivity index (χ4v) is 1.69. The fourth-order valence-electron chi connectivity index (χ4n) is 1.51. The van der Waals surface area contributed by atoms with Crippen LogP contribution in [0.25, 0.3) is 11.4 Å². The molecule has 0 bridgehead atoms. The minimum absolute atomic E-state index is 0.0210. The van der Waals surface area contributed by atoms with Gasteiger partial charge in [0.1, 0.15) is 11.6 Å². The maximum atomic E-state index is 13.0. The Kier molecular flexibility index (Phi) is 3.74. The molecular weight excluding hydrogens is 259 g/mol. The maximum Gasteiger partial charge on any atom is 0.251 e. The third-order valence-corrected chi connectivity index (χ3v) is 2.57. The van der Waals surface area contributed by atoms with Crippen molar-refractivity contribution in [3.05, 3.63) is 51.2 Å². The van der Waals surface area contributed by atoms with Crippen LogP contribution in [-0.4, -0.2) is 17.1 Å². The lowest BCUT2D eigenvalue weighted by molar-refractivity contribution is 0.181. The Morgan fingerprint density at radius 3 is 2.89 bits per heavy atom. The van der Waals surface area contributed by atoms with Gasteiger partial charge in [-0.1, -0.05) is 11.6 Å². The quantitative estimate of drug-likeness (QED) is 0.930. The molecule has 0 spiro atoms. The average Bonchev–Trinajstić information content (AvgIpc) is 2.32. The highest BCUT2D eigenvalue weighted by atomic mass is 35.5. The van der Waals surface area contributed by atoms with Crippen LogP contribution in [0, 0.1) is 5.82 Å². The lowest BCUT2D eigenvalue weighted by Gasteiger charge is -2.04. The lowest BCUT2D eigenvalue weighted by Crippen LogP contribution is -2.10. The highest BCUT2D eigenvalue weighted by Gasteiger charge is 2.07. The summed E-state index contributed by atoms with van der Waals surface area (Å²) >= 11 is 5.68. The standard InChI is InChI=1S/C12H10ClFN2O2/c1-18-6-8-5-11(17)16-12(15-8)7-2-3-10(14)9(13)4-7/h2-5H,6H2,1H3,(H,15,16,17). The number of hydrogen-bond donors (Lipinski definition) is 1. The van der Waals surface area contributed by atoms with E-state index in [0.29, 0.717) is 17.1 Å². The molecule has 1 heterocycles. The summed E-state index contributed by atoms with van der Waals surface area (Å²) in [5.74, 6) is -0.188. The molecular formula is C12H10ClFN2O2. The molecule has 0 unspecified atom stereocenters. The lowest BCUT2D eigenvalue weighted by atomic mass is 10.2. The van der Waals surface area contributed by atoms with Crippen LogP contribution in [-0.2, 0) is 11.3 Å². The second-order valence-electron chi connectivity index (χ2n) is 3.65. The number of nitrogens with zero attached hydrogens (tertiary/aromatic N) is 1. The molecule has 0 radical (unpaired) electrons. The second-order valence-corrected chi connectivity index (χ2v) is 4.05. The Balaban J connectivity index is 2.49. The zero-order valence-electron chi connectivity index (χ0n) is 9.54. The zero-order chi connectivity index (χ0) is 13.1. The molecule has 1 aromatic heterocycles. The smallest absolute Gasteiger partial charge is 0.251 e. The van der Waals surface area contributed by atoms with E-state index in [0.717, 1.165) is 0 Å². The molecule has 1 aromatic carbocycles. The Labute approximate surface area is 107 Å². The molecule has 0 aliphatic heterocycles. The van der Waals surface area contributed by atoms with E-state index in [9.17, 15) is 9.18 Å². The van der Waals surface area contributed by atoms with Crippen molar-refractivity contribution in [3.8, 4) is 11.4 Å². The van der Waals surface area contributed by atoms with Crippen molar-refractivity contribution in [2.75, 3.05) is 7.11 Å². The van der Waals surface area contributed by atoms with Crippen molar-refractivity contribution in [1.29, 1.82) is 0 Å². The Hall–Kier alpha value is -1.72. The largest absolute Gasteiger partial charge is 0.378 e. The van der Waals surface area contributed by atoms with Crippen molar-refractivity contribution in [1.82, 2.24) is 9.97 Å². The molecule has 0 saturated heterocycles. The summed E-state index contributed by atoms with van der Waals surface area (Å²) in [6, 6.07) is 5.47. The van der Waals surface area contributed by atoms with E-state index in [2.05, 4.69) is 9.97 Å². The summed E-state index contributed by atoms with van der Waals surface area (Å²) in [5.41, 5.74) is 0.737. The van der Waals surface area contributed by atoms with Gasteiger partial charge in [0.15, 0.2) is 0 Å². The summed E-state index contributed by atoms with van der Waals surface area (Å²) < 4.78 is 18.0. The molecule has 0 atom stereocenters. The van der Waals surface area contributed by atoms with Crippen LogP contribution >= 0.6 is 11.6 Å². The topological polar surface area (TPSA) is 55.0 Å². The molecule has 2 rings (SSSR count). The normalized spacial score (nSPS) is 10.6. The summed E-state index contributed by atoms with van der Waals surface area (Å²) in [6.45, 7) is 0.228. The van der Waals surface area contributed by atoms with E-state index < -0.39 is 5.82 Å². The van der Waals surface area contributed by atoms with Crippen LogP contribution in [0.5, 0.6) is 0 Å². The maximum absolute atomic E-state index is 13.0. The van der Waals surface area contributed by atoms with Gasteiger partial charge in [0.25, 0.3) is 5.56 Å². The van der Waals surface area contributed by atoms with E-state index in [4.69, 9.17) is 16.3 Å². The zero-order valence-corrected chi connectivity index (χ0v) is 10.3. The predicted molar refractivity (Wildman–Crippen MR) is 66.0 cm³/mol. The third kappa shape index (κ3) is 2.75. The first-order valence-corrected chi connectivity index (χ1v) is 5.52. The number of benzene rings is 1. The van der Waals surface area contributed by atoms with Crippen LogP contribution in [0.2, 0.25) is 5.02 Å². The number of halogens is 2. The van der Waals surface area contributed by atoms with Crippen molar-refractivity contribution in [3.63, 3.8) is 0 Å². The number of nitrogens with one attached hydrogen (secondary N) is 1. The van der Waals surface area contributed by atoms with Gasteiger partial charge >= 0.3 is 0 Å². The number of methoxy groups -OCH3 is 1. The van der Waals surface area contributed by atoms with Gasteiger partial charge in [-0.25, -0.2) is 9.37 Å². The van der Waals surface area contributed by atoms with Crippen molar-refractivity contribution < 1.29 is 9.13 Å². The van der Waals surface area contributed by atoms with Gasteiger partial charge in [-0.3, -0.25) is 4.79 Å². The highest BCUT2D eigenvalue weighted by Crippen LogP contribution is 2.21. The predicted octanol–water partition coefficient (Wildman–Crippen LogP) is 2.38. The summed E-state index contributed by atoms with van der Waals surface area (Å²) in [4.78, 5) is 18.2. The monoisotopic (exact) mass is 268 g/mol. The molecule has 0 fully saturated rings. The van der Waals surface area contributed by atoms with E-state index in [1.165, 1.54) is 31.4 Å². The Morgan fingerprint density at radius 1 is 1.44 bits per heavy atom. The number of rotatable bonds is 3. The molecule has 4 nitrogen and oxygen atoms in total. The SMILES string of the molecule is COCc1cc(=O)[nH]c(-c2ccc(F)c(Cl)c2)n1. The van der Waals surface area contributed by atoms with Gasteiger partial charge in [-0.15, -0.1) is 0 Å². The minimum atomic E-state index is -0.518. The third-order valence-electron chi connectivity index (χ3n) is 2.28. The summed E-state index contributed by atoms with van der Waals surface area (Å²) in [5, 5.41) is -0.0210. The van der Waals surface area contributed by atoms with Gasteiger partial charge in [0, 0.05) is 18.7 Å². The molecule has 2 aromatic rings. The van der Waals surface area contributed by atoms with Crippen LogP contribution in [0.1, 0.15) is 5.69 Å². The van der Waals surface area contributed by atoms with E-state index in [-0.39, 0.29) is 17.2 Å². The summed E-state index contributed by atoms with van der Waals surface area (Å²) in [6.07, 6.45) is 0. The van der Waals surface area contributed by atoms with Crippen molar-refractivity contribution in [2.45, 2.75) is 6.61 Å². The first-order valence-electron chi connectivity index (χ1n) is 5.15. The van der Waals surface area contributed by atoms with E-state index in [1.54, 1.807) is 0 Å². The minimum Gasteiger partial charge on any atom is -0.378 e. The van der Waals surface area contributed by atoms with E-state index in [1.807, 2.05) is 0 Å².